The predicted molar refractivity (Wildman–Crippen MR) is 68.9 cm³/mol. The highest BCUT2D eigenvalue weighted by molar-refractivity contribution is 6.30. The maximum absolute atomic E-state index is 13.8. The molecule has 2 heterocycles. The van der Waals surface area contributed by atoms with Crippen molar-refractivity contribution in [1.82, 2.24) is 15.0 Å². The van der Waals surface area contributed by atoms with Gasteiger partial charge in [-0.05, 0) is 24.4 Å². The number of aromatic nitrogens is 3. The van der Waals surface area contributed by atoms with Crippen LogP contribution in [0.1, 0.15) is 12.8 Å². The summed E-state index contributed by atoms with van der Waals surface area (Å²) < 4.78 is 26.8. The average Bonchev–Trinajstić information content (AvgIpc) is 3.15. The Morgan fingerprint density at radius 3 is 2.68 bits per heavy atom. The van der Waals surface area contributed by atoms with Crippen LogP contribution >= 0.6 is 23.2 Å². The maximum atomic E-state index is 13.8. The smallest absolute Gasteiger partial charge is 0.225 e. The van der Waals surface area contributed by atoms with Crippen molar-refractivity contribution in [2.75, 3.05) is 12.0 Å². The molecule has 1 fully saturated rings. The maximum Gasteiger partial charge on any atom is 0.225 e. The lowest BCUT2D eigenvalue weighted by Gasteiger charge is -2.15. The van der Waals surface area contributed by atoms with Gasteiger partial charge in [0.25, 0.3) is 0 Å². The quantitative estimate of drug-likeness (QED) is 0.697. The van der Waals surface area contributed by atoms with Crippen LogP contribution in [0.4, 0.5) is 14.6 Å². The molecule has 1 aliphatic rings. The normalized spacial score (nSPS) is 16.6. The molecule has 0 bridgehead atoms. The molecule has 4 nitrogen and oxygen atoms in total. The van der Waals surface area contributed by atoms with Crippen LogP contribution < -0.4 is 5.32 Å². The zero-order valence-electron chi connectivity index (χ0n) is 9.55. The number of pyridine rings is 1. The number of alkyl halides is 1. The number of nitrogens with zero attached hydrogens (tertiary/aromatic N) is 3. The average molecular weight is 305 g/mol. The summed E-state index contributed by atoms with van der Waals surface area (Å²) in [4.78, 5) is 11.5. The van der Waals surface area contributed by atoms with E-state index in [1.807, 2.05) is 0 Å². The van der Waals surface area contributed by atoms with Gasteiger partial charge < -0.3 is 5.32 Å². The van der Waals surface area contributed by atoms with Gasteiger partial charge in [0.05, 0.1) is 10.9 Å². The molecular weight excluding hydrogens is 297 g/mol. The summed E-state index contributed by atoms with van der Waals surface area (Å²) in [5.41, 5.74) is -0.655. The van der Waals surface area contributed by atoms with Crippen molar-refractivity contribution in [3.63, 3.8) is 0 Å². The van der Waals surface area contributed by atoms with Crippen LogP contribution in [0.3, 0.4) is 0 Å². The summed E-state index contributed by atoms with van der Waals surface area (Å²) in [7, 11) is 0. The molecule has 1 aliphatic carbocycles. The highest BCUT2D eigenvalue weighted by atomic mass is 35.5. The van der Waals surface area contributed by atoms with Gasteiger partial charge in [-0.25, -0.2) is 23.7 Å². The lowest BCUT2D eigenvalue weighted by molar-refractivity contribution is 0.434. The number of nitrogens with one attached hydrogen (secondary N) is 1. The van der Waals surface area contributed by atoms with E-state index in [0.29, 0.717) is 18.2 Å². The lowest BCUT2D eigenvalue weighted by Crippen LogP contribution is -2.24. The van der Waals surface area contributed by atoms with Crippen molar-refractivity contribution in [2.24, 2.45) is 0 Å². The van der Waals surface area contributed by atoms with Crippen LogP contribution in [0.25, 0.3) is 10.9 Å². The summed E-state index contributed by atoms with van der Waals surface area (Å²) in [6.45, 7) is -0.528. The summed E-state index contributed by atoms with van der Waals surface area (Å²) in [6.07, 6.45) is 2.72. The molecule has 100 valence electrons. The number of hydrogen-bond donors (Lipinski definition) is 1. The van der Waals surface area contributed by atoms with Gasteiger partial charge in [0.15, 0.2) is 11.0 Å². The van der Waals surface area contributed by atoms with E-state index in [0.717, 1.165) is 0 Å². The van der Waals surface area contributed by atoms with E-state index < -0.39 is 18.0 Å². The molecule has 0 amide bonds. The second-order valence-corrected chi connectivity index (χ2v) is 5.20. The topological polar surface area (TPSA) is 50.7 Å². The monoisotopic (exact) mass is 304 g/mol. The fourth-order valence-electron chi connectivity index (χ4n) is 1.80. The van der Waals surface area contributed by atoms with Crippen molar-refractivity contribution in [3.8, 4) is 0 Å². The van der Waals surface area contributed by atoms with Gasteiger partial charge in [0, 0.05) is 6.20 Å². The van der Waals surface area contributed by atoms with Crippen LogP contribution in [0.5, 0.6) is 0 Å². The minimum atomic E-state index is -0.767. The molecule has 0 radical (unpaired) electrons. The lowest BCUT2D eigenvalue weighted by atomic mass is 10.2. The first kappa shape index (κ1) is 12.7. The molecule has 3 rings (SSSR count). The van der Waals surface area contributed by atoms with Crippen LogP contribution in [-0.4, -0.2) is 27.2 Å². The zero-order chi connectivity index (χ0) is 13.6. The number of fused-ring (bicyclic) bond motifs is 1. The van der Waals surface area contributed by atoms with Crippen molar-refractivity contribution < 1.29 is 8.78 Å². The van der Waals surface area contributed by atoms with Gasteiger partial charge in [-0.2, -0.15) is 0 Å². The number of rotatable bonds is 3. The van der Waals surface area contributed by atoms with Gasteiger partial charge in [-0.1, -0.05) is 11.6 Å². The van der Waals surface area contributed by atoms with Crippen LogP contribution in [-0.2, 0) is 0 Å². The Morgan fingerprint density at radius 1 is 1.32 bits per heavy atom. The predicted octanol–water partition coefficient (Wildman–Crippen LogP) is 3.38. The third-order valence-electron chi connectivity index (χ3n) is 3.11. The molecule has 0 atom stereocenters. The molecule has 0 unspecified atom stereocenters. The van der Waals surface area contributed by atoms with Gasteiger partial charge in [-0.15, -0.1) is 0 Å². The molecule has 0 spiro atoms. The van der Waals surface area contributed by atoms with Crippen molar-refractivity contribution in [3.05, 3.63) is 22.5 Å². The minimum absolute atomic E-state index is 0.0304. The van der Waals surface area contributed by atoms with Crippen LogP contribution in [0.15, 0.2) is 6.20 Å². The molecular formula is C11H8Cl2F2N4. The molecule has 8 heteroatoms. The van der Waals surface area contributed by atoms with E-state index in [-0.39, 0.29) is 21.8 Å². The molecule has 0 aromatic carbocycles. The fraction of sp³-hybridized carbons (Fsp3) is 0.364. The van der Waals surface area contributed by atoms with Crippen LogP contribution in [0, 0.1) is 5.82 Å². The highest BCUT2D eigenvalue weighted by Gasteiger charge is 2.43. The minimum Gasteiger partial charge on any atom is -0.361 e. The van der Waals surface area contributed by atoms with E-state index in [1.54, 1.807) is 0 Å². The Bertz CT molecular complexity index is 661. The molecule has 19 heavy (non-hydrogen) atoms. The number of anilines is 1. The fourth-order valence-corrected chi connectivity index (χ4v) is 2.10. The van der Waals surface area contributed by atoms with E-state index in [4.69, 9.17) is 23.2 Å². The van der Waals surface area contributed by atoms with Crippen molar-refractivity contribution in [2.45, 2.75) is 18.4 Å². The van der Waals surface area contributed by atoms with E-state index in [2.05, 4.69) is 20.3 Å². The third-order valence-corrected chi connectivity index (χ3v) is 3.54. The van der Waals surface area contributed by atoms with Crippen LogP contribution in [0.2, 0.25) is 10.4 Å². The standard InChI is InChI=1S/C11H8Cl2F2N4/c12-8-6(15)7-5(3-16-8)9(18-10(13)17-7)19-11(4-14)1-2-11/h3H,1-2,4H2,(H,17,18,19). The summed E-state index contributed by atoms with van der Waals surface area (Å²) in [5.74, 6) is -0.496. The molecule has 1 N–H and O–H groups in total. The van der Waals surface area contributed by atoms with Gasteiger partial charge in [0.1, 0.15) is 18.0 Å². The van der Waals surface area contributed by atoms with E-state index in [9.17, 15) is 8.78 Å². The second kappa shape index (κ2) is 4.38. The van der Waals surface area contributed by atoms with Gasteiger partial charge in [0.2, 0.25) is 5.28 Å². The Kier molecular flexibility index (Phi) is 2.94. The first-order chi connectivity index (χ1) is 9.04. The molecule has 1 saturated carbocycles. The summed E-state index contributed by atoms with van der Waals surface area (Å²) in [5, 5.41) is 2.85. The molecule has 2 aromatic rings. The number of hydrogen-bond acceptors (Lipinski definition) is 4. The summed E-state index contributed by atoms with van der Waals surface area (Å²) in [6, 6.07) is 0. The molecule has 2 aromatic heterocycles. The Hall–Kier alpha value is -1.27. The highest BCUT2D eigenvalue weighted by Crippen LogP contribution is 2.40. The SMILES string of the molecule is FCC1(Nc2nc(Cl)nc3c(F)c(Cl)ncc23)CC1. The number of halogens is 4. The Morgan fingerprint density at radius 2 is 2.05 bits per heavy atom. The van der Waals surface area contributed by atoms with E-state index >= 15 is 0 Å². The first-order valence-corrected chi connectivity index (χ1v) is 6.32. The second-order valence-electron chi connectivity index (χ2n) is 4.51. The third kappa shape index (κ3) is 2.19. The Labute approximate surface area is 117 Å². The van der Waals surface area contributed by atoms with Gasteiger partial charge in [-0.3, -0.25) is 0 Å². The zero-order valence-corrected chi connectivity index (χ0v) is 11.1. The summed E-state index contributed by atoms with van der Waals surface area (Å²) >= 11 is 11.3. The Balaban J connectivity index is 2.16. The molecule has 0 saturated heterocycles. The van der Waals surface area contributed by atoms with Crippen molar-refractivity contribution >= 4 is 39.9 Å². The van der Waals surface area contributed by atoms with E-state index in [1.165, 1.54) is 6.20 Å². The molecule has 0 aliphatic heterocycles. The largest absolute Gasteiger partial charge is 0.361 e. The van der Waals surface area contributed by atoms with Crippen molar-refractivity contribution in [1.29, 1.82) is 0 Å². The van der Waals surface area contributed by atoms with Gasteiger partial charge >= 0.3 is 0 Å². The first-order valence-electron chi connectivity index (χ1n) is 5.56.